The van der Waals surface area contributed by atoms with E-state index >= 15 is 0 Å². The lowest BCUT2D eigenvalue weighted by molar-refractivity contribution is -0.895. The summed E-state index contributed by atoms with van der Waals surface area (Å²) >= 11 is 0. The number of rotatable bonds is 2. The van der Waals surface area contributed by atoms with Crippen LogP contribution in [0.25, 0.3) is 0 Å². The van der Waals surface area contributed by atoms with Crippen molar-refractivity contribution in [2.45, 2.75) is 19.8 Å². The first-order valence-corrected chi connectivity index (χ1v) is 6.01. The van der Waals surface area contributed by atoms with E-state index in [1.54, 1.807) is 0 Å². The number of hydrogen-bond acceptors (Lipinski definition) is 4. The maximum Gasteiger partial charge on any atom is 0.217 e. The molecule has 0 atom stereocenters. The van der Waals surface area contributed by atoms with Crippen LogP contribution < -0.4 is 0 Å². The number of likely N-dealkylation sites (tertiary alicyclic amines) is 1. The Hall–Kier alpha value is -0.170. The Morgan fingerprint density at radius 2 is 1.71 bits per heavy atom. The molecule has 1 saturated heterocycles. The Balaban J connectivity index is 0.000000255. The van der Waals surface area contributed by atoms with Crippen LogP contribution in [0.5, 0.6) is 0 Å². The Morgan fingerprint density at radius 3 is 1.86 bits per heavy atom. The summed E-state index contributed by atoms with van der Waals surface area (Å²) in [5, 5.41) is 0. The Bertz CT molecular complexity index is 244. The Kier molecular flexibility index (Phi) is 5.58. The molecule has 86 valence electrons. The number of quaternary nitrogens is 1. The van der Waals surface area contributed by atoms with Crippen LogP contribution in [0, 0.1) is 0 Å². The van der Waals surface area contributed by atoms with E-state index in [1.807, 2.05) is 0 Å². The van der Waals surface area contributed by atoms with Gasteiger partial charge >= 0.3 is 0 Å². The average Bonchev–Trinajstić information content (AvgIpc) is 2.53. The minimum absolute atomic E-state index is 0.808. The molecule has 14 heavy (non-hydrogen) atoms. The molecule has 0 unspecified atom stereocenters. The van der Waals surface area contributed by atoms with E-state index < -0.39 is 10.4 Å². The van der Waals surface area contributed by atoms with Crippen molar-refractivity contribution in [3.63, 3.8) is 0 Å². The summed E-state index contributed by atoms with van der Waals surface area (Å²) in [6.45, 7) is 6.43. The highest BCUT2D eigenvalue weighted by Gasteiger charge is 2.23. The molecule has 6 heteroatoms. The van der Waals surface area contributed by atoms with Crippen molar-refractivity contribution in [1.82, 2.24) is 0 Å². The minimum Gasteiger partial charge on any atom is -0.726 e. The van der Waals surface area contributed by atoms with Gasteiger partial charge in [0.05, 0.1) is 33.8 Å². The average molecular weight is 225 g/mol. The second kappa shape index (κ2) is 5.65. The molecule has 0 aromatic carbocycles. The molecule has 1 heterocycles. The molecule has 0 aromatic heterocycles. The predicted molar refractivity (Wildman–Crippen MR) is 52.4 cm³/mol. The molecule has 0 saturated carbocycles. The van der Waals surface area contributed by atoms with Gasteiger partial charge in [-0.1, -0.05) is 0 Å². The smallest absolute Gasteiger partial charge is 0.217 e. The fourth-order valence-electron chi connectivity index (χ4n) is 1.42. The molecular weight excluding hydrogens is 206 g/mol. The van der Waals surface area contributed by atoms with Gasteiger partial charge in [-0.2, -0.15) is 0 Å². The highest BCUT2D eigenvalue weighted by atomic mass is 32.3. The molecule has 0 aromatic rings. The van der Waals surface area contributed by atoms with Gasteiger partial charge in [0.15, 0.2) is 0 Å². The third-order valence-electron chi connectivity index (χ3n) is 2.61. The van der Waals surface area contributed by atoms with E-state index in [9.17, 15) is 13.0 Å². The van der Waals surface area contributed by atoms with Gasteiger partial charge in [-0.25, -0.2) is 8.42 Å². The molecule has 0 N–H and O–H groups in total. The first-order chi connectivity index (χ1) is 6.33. The van der Waals surface area contributed by atoms with Crippen molar-refractivity contribution in [3.05, 3.63) is 0 Å². The summed E-state index contributed by atoms with van der Waals surface area (Å²) in [6.07, 6.45) is 2.90. The highest BCUT2D eigenvalue weighted by molar-refractivity contribution is 7.80. The van der Waals surface area contributed by atoms with E-state index in [-0.39, 0.29) is 0 Å². The van der Waals surface area contributed by atoms with Crippen molar-refractivity contribution in [2.24, 2.45) is 0 Å². The van der Waals surface area contributed by atoms with Gasteiger partial charge in [-0.05, 0) is 6.92 Å². The van der Waals surface area contributed by atoms with Crippen LogP contribution in [-0.2, 0) is 14.6 Å². The van der Waals surface area contributed by atoms with Crippen LogP contribution in [0.4, 0.5) is 0 Å². The van der Waals surface area contributed by atoms with Crippen molar-refractivity contribution < 1.29 is 21.6 Å². The molecule has 0 bridgehead atoms. The molecule has 1 rings (SSSR count). The van der Waals surface area contributed by atoms with Gasteiger partial charge in [0.1, 0.15) is 0 Å². The maximum absolute atomic E-state index is 9.22. The SMILES string of the molecule is CC[N+]1(C)CCCC1.COS(=O)(=O)[O-]. The van der Waals surface area contributed by atoms with Crippen LogP contribution in [0.15, 0.2) is 0 Å². The van der Waals surface area contributed by atoms with Gasteiger partial charge in [-0.15, -0.1) is 0 Å². The summed E-state index contributed by atoms with van der Waals surface area (Å²) in [7, 11) is -1.25. The third kappa shape index (κ3) is 6.31. The van der Waals surface area contributed by atoms with Crippen LogP contribution >= 0.6 is 0 Å². The second-order valence-corrected chi connectivity index (χ2v) is 4.81. The summed E-state index contributed by atoms with van der Waals surface area (Å²) < 4.78 is 32.3. The van der Waals surface area contributed by atoms with Gasteiger partial charge in [0.25, 0.3) is 0 Å². The van der Waals surface area contributed by atoms with E-state index in [0.717, 1.165) is 7.11 Å². The molecule has 0 radical (unpaired) electrons. The zero-order chi connectivity index (χ0) is 11.2. The monoisotopic (exact) mass is 225 g/mol. The van der Waals surface area contributed by atoms with Gasteiger partial charge in [0.2, 0.25) is 10.4 Å². The first-order valence-electron chi connectivity index (χ1n) is 4.68. The first kappa shape index (κ1) is 13.8. The molecule has 5 nitrogen and oxygen atoms in total. The molecule has 1 fully saturated rings. The topological polar surface area (TPSA) is 66.4 Å². The van der Waals surface area contributed by atoms with Crippen LogP contribution in [0.2, 0.25) is 0 Å². The summed E-state index contributed by atoms with van der Waals surface area (Å²) in [4.78, 5) is 0. The molecule has 0 aliphatic carbocycles. The third-order valence-corrected chi connectivity index (χ3v) is 3.02. The molecule has 0 spiro atoms. The van der Waals surface area contributed by atoms with Crippen LogP contribution in [0.3, 0.4) is 0 Å². The van der Waals surface area contributed by atoms with E-state index in [0.29, 0.717) is 0 Å². The predicted octanol–water partition coefficient (Wildman–Crippen LogP) is 0.340. The molecule has 1 aliphatic rings. The lowest BCUT2D eigenvalue weighted by Crippen LogP contribution is -2.40. The van der Waals surface area contributed by atoms with Crippen molar-refractivity contribution >= 4 is 10.4 Å². The quantitative estimate of drug-likeness (QED) is 0.386. The summed E-state index contributed by atoms with van der Waals surface area (Å²) in [5.41, 5.74) is 0. The molecular formula is C8H19NO4S. The highest BCUT2D eigenvalue weighted by Crippen LogP contribution is 2.14. The molecule has 1 aliphatic heterocycles. The van der Waals surface area contributed by atoms with Gasteiger partial charge in [0, 0.05) is 12.8 Å². The van der Waals surface area contributed by atoms with E-state index in [2.05, 4.69) is 18.2 Å². The van der Waals surface area contributed by atoms with Crippen molar-refractivity contribution in [1.29, 1.82) is 0 Å². The standard InChI is InChI=1S/C7H16N.CH4O4S/c1-3-8(2)6-4-5-7-8;1-5-6(2,3)4/h3-7H2,1-2H3;1H3,(H,2,3,4)/q+1;/p-1. The number of nitrogens with zero attached hydrogens (tertiary/aromatic N) is 1. The van der Waals surface area contributed by atoms with Crippen molar-refractivity contribution in [2.75, 3.05) is 33.8 Å². The molecule has 0 amide bonds. The van der Waals surface area contributed by atoms with E-state index in [1.165, 1.54) is 37.0 Å². The van der Waals surface area contributed by atoms with Gasteiger partial charge in [-0.3, -0.25) is 4.18 Å². The van der Waals surface area contributed by atoms with Gasteiger partial charge < -0.3 is 9.04 Å². The van der Waals surface area contributed by atoms with Crippen LogP contribution in [-0.4, -0.2) is 51.2 Å². The summed E-state index contributed by atoms with van der Waals surface area (Å²) in [5.74, 6) is 0. The fraction of sp³-hybridized carbons (Fsp3) is 1.00. The zero-order valence-corrected chi connectivity index (χ0v) is 9.84. The normalized spacial score (nSPS) is 20.0. The summed E-state index contributed by atoms with van der Waals surface area (Å²) in [6, 6.07) is 0. The van der Waals surface area contributed by atoms with E-state index in [4.69, 9.17) is 0 Å². The zero-order valence-electron chi connectivity index (χ0n) is 9.02. The lowest BCUT2D eigenvalue weighted by Gasteiger charge is -2.26. The second-order valence-electron chi connectivity index (χ2n) is 3.66. The van der Waals surface area contributed by atoms with Crippen LogP contribution in [0.1, 0.15) is 19.8 Å². The van der Waals surface area contributed by atoms with Crippen molar-refractivity contribution in [3.8, 4) is 0 Å². The lowest BCUT2D eigenvalue weighted by atomic mass is 10.4. The Morgan fingerprint density at radius 1 is 1.36 bits per heavy atom. The number of hydrogen-bond donors (Lipinski definition) is 0. The maximum atomic E-state index is 9.22. The minimum atomic E-state index is -4.41. The fourth-order valence-corrected chi connectivity index (χ4v) is 1.42. The Labute approximate surface area is 86.2 Å². The largest absolute Gasteiger partial charge is 0.726 e.